The molecule has 0 aliphatic carbocycles. The number of para-hydroxylation sites is 1. The number of aliphatic carboxylic acids is 1. The lowest BCUT2D eigenvalue weighted by atomic mass is 9.91. The summed E-state index contributed by atoms with van der Waals surface area (Å²) in [5.41, 5.74) is -1.05. The second kappa shape index (κ2) is 9.87. The first kappa shape index (κ1) is 24.6. The smallest absolute Gasteiger partial charge is 0.416 e. The number of carboxylic acids is 1. The second-order valence-electron chi connectivity index (χ2n) is 7.98. The highest BCUT2D eigenvalue weighted by Crippen LogP contribution is 2.38. The van der Waals surface area contributed by atoms with Gasteiger partial charge in [-0.3, -0.25) is 9.59 Å². The normalized spacial score (nSPS) is 12.8. The SMILES string of the molecule is CC(C)[C@H](CCCOc1cc(C(F)(F)F)ccc1-c1cc(=O)c2cccc(Cl)c2o1)C(=O)O. The third-order valence-corrected chi connectivity index (χ3v) is 5.62. The fraction of sp³-hybridized carbons (Fsp3) is 0.333. The minimum absolute atomic E-state index is 0.00918. The van der Waals surface area contributed by atoms with Crippen LogP contribution in [0.3, 0.4) is 0 Å². The molecule has 0 aliphatic heterocycles. The molecule has 0 saturated heterocycles. The minimum Gasteiger partial charge on any atom is -0.493 e. The number of hydrogen-bond acceptors (Lipinski definition) is 4. The van der Waals surface area contributed by atoms with Crippen LogP contribution in [0.25, 0.3) is 22.3 Å². The monoisotopic (exact) mass is 482 g/mol. The predicted octanol–water partition coefficient (Wildman–Crippen LogP) is 6.65. The number of rotatable bonds is 8. The van der Waals surface area contributed by atoms with Crippen LogP contribution in [0.4, 0.5) is 13.2 Å². The van der Waals surface area contributed by atoms with E-state index in [1.54, 1.807) is 19.9 Å². The van der Waals surface area contributed by atoms with Gasteiger partial charge in [-0.25, -0.2) is 0 Å². The Balaban J connectivity index is 1.96. The summed E-state index contributed by atoms with van der Waals surface area (Å²) in [6.45, 7) is 3.57. The van der Waals surface area contributed by atoms with Crippen LogP contribution in [-0.4, -0.2) is 17.7 Å². The van der Waals surface area contributed by atoms with Gasteiger partial charge < -0.3 is 14.3 Å². The summed E-state index contributed by atoms with van der Waals surface area (Å²) < 4.78 is 51.3. The van der Waals surface area contributed by atoms with Crippen LogP contribution in [0.5, 0.6) is 5.75 Å². The van der Waals surface area contributed by atoms with Gasteiger partial charge in [-0.2, -0.15) is 13.2 Å². The molecule has 2 aromatic carbocycles. The molecule has 0 spiro atoms. The van der Waals surface area contributed by atoms with Crippen molar-refractivity contribution in [3.8, 4) is 17.1 Å². The lowest BCUT2D eigenvalue weighted by molar-refractivity contribution is -0.143. The van der Waals surface area contributed by atoms with E-state index in [0.29, 0.717) is 12.8 Å². The lowest BCUT2D eigenvalue weighted by Crippen LogP contribution is -2.20. The van der Waals surface area contributed by atoms with E-state index >= 15 is 0 Å². The van der Waals surface area contributed by atoms with Gasteiger partial charge in [-0.05, 0) is 49.1 Å². The molecule has 3 aromatic rings. The molecular formula is C24H22ClF3O5. The number of fused-ring (bicyclic) bond motifs is 1. The molecule has 1 N–H and O–H groups in total. The number of ether oxygens (including phenoxy) is 1. The molecule has 9 heteroatoms. The molecule has 0 saturated carbocycles. The summed E-state index contributed by atoms with van der Waals surface area (Å²) in [4.78, 5) is 23.9. The highest BCUT2D eigenvalue weighted by molar-refractivity contribution is 6.34. The molecule has 0 aliphatic rings. The van der Waals surface area contributed by atoms with E-state index in [-0.39, 0.29) is 45.6 Å². The molecule has 0 fully saturated rings. The molecule has 0 bridgehead atoms. The number of alkyl halides is 3. The first-order valence-corrected chi connectivity index (χ1v) is 10.7. The van der Waals surface area contributed by atoms with E-state index in [0.717, 1.165) is 12.1 Å². The van der Waals surface area contributed by atoms with Crippen LogP contribution in [0, 0.1) is 11.8 Å². The Morgan fingerprint density at radius 2 is 1.91 bits per heavy atom. The van der Waals surface area contributed by atoms with Gasteiger partial charge in [0.1, 0.15) is 11.5 Å². The zero-order chi connectivity index (χ0) is 24.3. The molecule has 0 radical (unpaired) electrons. The van der Waals surface area contributed by atoms with Gasteiger partial charge in [0.05, 0.1) is 34.1 Å². The number of carbonyl (C=O) groups is 1. The molecular weight excluding hydrogens is 461 g/mol. The molecule has 33 heavy (non-hydrogen) atoms. The van der Waals surface area contributed by atoms with Crippen molar-refractivity contribution < 1.29 is 32.2 Å². The average Bonchev–Trinajstić information content (AvgIpc) is 2.73. The van der Waals surface area contributed by atoms with Gasteiger partial charge >= 0.3 is 12.1 Å². The third kappa shape index (κ3) is 5.68. The van der Waals surface area contributed by atoms with Crippen LogP contribution >= 0.6 is 11.6 Å². The highest BCUT2D eigenvalue weighted by Gasteiger charge is 2.32. The molecule has 0 amide bonds. The molecule has 1 heterocycles. The average molecular weight is 483 g/mol. The number of benzene rings is 2. The fourth-order valence-electron chi connectivity index (χ4n) is 3.52. The summed E-state index contributed by atoms with van der Waals surface area (Å²) in [6.07, 6.45) is -3.98. The third-order valence-electron chi connectivity index (χ3n) is 5.32. The maximum Gasteiger partial charge on any atom is 0.416 e. The summed E-state index contributed by atoms with van der Waals surface area (Å²) in [7, 11) is 0. The minimum atomic E-state index is -4.60. The molecule has 1 aromatic heterocycles. The van der Waals surface area contributed by atoms with Crippen LogP contribution < -0.4 is 10.2 Å². The van der Waals surface area contributed by atoms with Gasteiger partial charge in [0.15, 0.2) is 11.0 Å². The van der Waals surface area contributed by atoms with E-state index in [1.165, 1.54) is 24.3 Å². The van der Waals surface area contributed by atoms with E-state index in [1.807, 2.05) is 0 Å². The topological polar surface area (TPSA) is 76.7 Å². The Morgan fingerprint density at radius 1 is 1.18 bits per heavy atom. The van der Waals surface area contributed by atoms with Gasteiger partial charge in [0.2, 0.25) is 0 Å². The predicted molar refractivity (Wildman–Crippen MR) is 119 cm³/mol. The van der Waals surface area contributed by atoms with E-state index < -0.39 is 29.1 Å². The van der Waals surface area contributed by atoms with Gasteiger partial charge in [0.25, 0.3) is 0 Å². The Labute approximate surface area is 192 Å². The summed E-state index contributed by atoms with van der Waals surface area (Å²) >= 11 is 6.14. The number of halogens is 4. The van der Waals surface area contributed by atoms with Crippen molar-refractivity contribution in [2.45, 2.75) is 32.9 Å². The first-order chi connectivity index (χ1) is 15.5. The van der Waals surface area contributed by atoms with Crippen molar-refractivity contribution in [2.24, 2.45) is 11.8 Å². The Hall–Kier alpha value is -3.00. The zero-order valence-corrected chi connectivity index (χ0v) is 18.7. The lowest BCUT2D eigenvalue weighted by Gasteiger charge is -2.17. The van der Waals surface area contributed by atoms with Gasteiger partial charge in [-0.15, -0.1) is 0 Å². The van der Waals surface area contributed by atoms with Crippen molar-refractivity contribution in [2.75, 3.05) is 6.61 Å². The van der Waals surface area contributed by atoms with E-state index in [9.17, 15) is 27.9 Å². The van der Waals surface area contributed by atoms with Crippen LogP contribution in [-0.2, 0) is 11.0 Å². The summed E-state index contributed by atoms with van der Waals surface area (Å²) in [6, 6.07) is 8.72. The van der Waals surface area contributed by atoms with Crippen molar-refractivity contribution in [1.82, 2.24) is 0 Å². The molecule has 5 nitrogen and oxygen atoms in total. The second-order valence-corrected chi connectivity index (χ2v) is 8.39. The molecule has 176 valence electrons. The van der Waals surface area contributed by atoms with E-state index in [4.69, 9.17) is 20.8 Å². The van der Waals surface area contributed by atoms with Crippen molar-refractivity contribution in [1.29, 1.82) is 0 Å². The number of hydrogen-bond donors (Lipinski definition) is 1. The van der Waals surface area contributed by atoms with Crippen molar-refractivity contribution >= 4 is 28.5 Å². The van der Waals surface area contributed by atoms with Crippen LogP contribution in [0.1, 0.15) is 32.3 Å². The first-order valence-electron chi connectivity index (χ1n) is 10.3. The molecule has 1 atom stereocenters. The van der Waals surface area contributed by atoms with Gasteiger partial charge in [-0.1, -0.05) is 31.5 Å². The largest absolute Gasteiger partial charge is 0.493 e. The Bertz CT molecular complexity index is 1220. The van der Waals surface area contributed by atoms with E-state index in [2.05, 4.69) is 0 Å². The molecule has 3 rings (SSSR count). The summed E-state index contributed by atoms with van der Waals surface area (Å²) in [5.74, 6) is -1.73. The van der Waals surface area contributed by atoms with Crippen molar-refractivity contribution in [3.63, 3.8) is 0 Å². The van der Waals surface area contributed by atoms with Crippen LogP contribution in [0.2, 0.25) is 5.02 Å². The molecule has 0 unspecified atom stereocenters. The quantitative estimate of drug-likeness (QED) is 0.364. The fourth-order valence-corrected chi connectivity index (χ4v) is 3.74. The van der Waals surface area contributed by atoms with Crippen LogP contribution in [0.15, 0.2) is 51.7 Å². The standard InChI is InChI=1S/C24H22ClF3O5/c1-13(2)15(23(30)31)6-4-10-32-20-11-14(24(26,27)28)8-9-17(20)21-12-19(29)16-5-3-7-18(25)22(16)33-21/h3,5,7-9,11-13,15H,4,6,10H2,1-2H3,(H,30,31)/t15-/m0/s1. The highest BCUT2D eigenvalue weighted by atomic mass is 35.5. The Morgan fingerprint density at radius 3 is 2.55 bits per heavy atom. The Kier molecular flexibility index (Phi) is 7.37. The van der Waals surface area contributed by atoms with Crippen molar-refractivity contribution in [3.05, 3.63) is 63.3 Å². The van der Waals surface area contributed by atoms with Gasteiger partial charge in [0, 0.05) is 6.07 Å². The maximum absolute atomic E-state index is 13.3. The maximum atomic E-state index is 13.3. The zero-order valence-electron chi connectivity index (χ0n) is 17.9. The summed E-state index contributed by atoms with van der Waals surface area (Å²) in [5, 5.41) is 9.73. The number of carboxylic acid groups (broad SMARTS) is 1.